The van der Waals surface area contributed by atoms with Crippen molar-refractivity contribution < 1.29 is 24.1 Å². The molecule has 9 nitrogen and oxygen atoms in total. The predicted octanol–water partition coefficient (Wildman–Crippen LogP) is 1.46. The van der Waals surface area contributed by atoms with E-state index in [4.69, 9.17) is 15.1 Å². The quantitative estimate of drug-likeness (QED) is 0.720. The van der Waals surface area contributed by atoms with E-state index in [1.807, 2.05) is 0 Å². The van der Waals surface area contributed by atoms with Gasteiger partial charge in [-0.2, -0.15) is 10.4 Å². The number of aromatic nitrogens is 2. The van der Waals surface area contributed by atoms with Crippen LogP contribution in [0.4, 0.5) is 9.18 Å². The Balaban J connectivity index is 1.98. The fraction of sp³-hybridized carbons (Fsp3) is 0.333. The summed E-state index contributed by atoms with van der Waals surface area (Å²) in [7, 11) is 0. The summed E-state index contributed by atoms with van der Waals surface area (Å²) in [5.74, 6) is -0.772. The lowest BCUT2D eigenvalue weighted by Gasteiger charge is -2.31. The number of aliphatic hydroxyl groups is 1. The number of nitrogens with one attached hydrogen (secondary N) is 1. The zero-order valence-corrected chi connectivity index (χ0v) is 14.7. The molecule has 10 heteroatoms. The topological polar surface area (TPSA) is 140 Å². The average molecular weight is 388 g/mol. The van der Waals surface area contributed by atoms with Crippen LogP contribution in [0.25, 0.3) is 11.1 Å². The number of halogens is 1. The van der Waals surface area contributed by atoms with E-state index in [0.29, 0.717) is 12.8 Å². The van der Waals surface area contributed by atoms with Gasteiger partial charge in [0.25, 0.3) is 5.56 Å². The number of rotatable bonds is 4. The maximum Gasteiger partial charge on any atom is 0.407 e. The zero-order valence-electron chi connectivity index (χ0n) is 14.7. The van der Waals surface area contributed by atoms with Crippen molar-refractivity contribution in [3.63, 3.8) is 0 Å². The molecule has 0 atom stereocenters. The first-order valence-electron chi connectivity index (χ1n) is 8.51. The van der Waals surface area contributed by atoms with Gasteiger partial charge < -0.3 is 19.8 Å². The summed E-state index contributed by atoms with van der Waals surface area (Å²) in [6.07, 6.45) is -0.622. The van der Waals surface area contributed by atoms with Crippen molar-refractivity contribution in [2.45, 2.75) is 25.6 Å². The van der Waals surface area contributed by atoms with Gasteiger partial charge in [-0.05, 0) is 17.7 Å². The van der Waals surface area contributed by atoms with Crippen molar-refractivity contribution in [2.24, 2.45) is 0 Å². The van der Waals surface area contributed by atoms with Gasteiger partial charge in [0, 0.05) is 25.9 Å². The number of likely N-dealkylation sites (tertiary alicyclic amines) is 1. The molecule has 0 saturated carbocycles. The fourth-order valence-electron chi connectivity index (χ4n) is 3.06. The van der Waals surface area contributed by atoms with Crippen LogP contribution < -0.4 is 10.3 Å². The van der Waals surface area contributed by atoms with E-state index < -0.39 is 30.2 Å². The number of aromatic amines is 1. The number of amides is 1. The van der Waals surface area contributed by atoms with Gasteiger partial charge in [0.15, 0.2) is 5.75 Å². The second-order valence-corrected chi connectivity index (χ2v) is 6.25. The van der Waals surface area contributed by atoms with Crippen molar-refractivity contribution in [2.75, 3.05) is 13.1 Å². The second-order valence-electron chi connectivity index (χ2n) is 6.25. The first-order chi connectivity index (χ1) is 13.4. The molecule has 146 valence electrons. The van der Waals surface area contributed by atoms with Crippen molar-refractivity contribution in [1.29, 1.82) is 5.26 Å². The SMILES string of the molecule is N#Cc1ccc(-c2c(OC3CCN(C(=O)O)CC3)c(CO)n[nH]c2=O)cc1F. The molecule has 0 bridgehead atoms. The number of aliphatic hydroxyl groups excluding tert-OH is 1. The molecule has 3 N–H and O–H groups in total. The van der Waals surface area contributed by atoms with E-state index in [-0.39, 0.29) is 41.2 Å². The Morgan fingerprint density at radius 1 is 1.43 bits per heavy atom. The Labute approximate surface area is 158 Å². The van der Waals surface area contributed by atoms with Crippen molar-refractivity contribution in [3.8, 4) is 22.9 Å². The summed E-state index contributed by atoms with van der Waals surface area (Å²) in [5, 5.41) is 33.5. The van der Waals surface area contributed by atoms with Crippen LogP contribution in [-0.2, 0) is 6.61 Å². The smallest absolute Gasteiger partial charge is 0.407 e. The number of carbonyl (C=O) groups is 1. The number of carboxylic acid groups (broad SMARTS) is 1. The van der Waals surface area contributed by atoms with Crippen molar-refractivity contribution in [3.05, 3.63) is 45.6 Å². The van der Waals surface area contributed by atoms with Crippen LogP contribution >= 0.6 is 0 Å². The van der Waals surface area contributed by atoms with Gasteiger partial charge in [-0.15, -0.1) is 0 Å². The van der Waals surface area contributed by atoms with Crippen LogP contribution in [-0.4, -0.2) is 50.6 Å². The summed E-state index contributed by atoms with van der Waals surface area (Å²) >= 11 is 0. The molecule has 0 unspecified atom stereocenters. The lowest BCUT2D eigenvalue weighted by atomic mass is 10.0. The molecule has 3 rings (SSSR count). The number of H-pyrrole nitrogens is 1. The Bertz CT molecular complexity index is 992. The Morgan fingerprint density at radius 2 is 2.14 bits per heavy atom. The summed E-state index contributed by atoms with van der Waals surface area (Å²) in [4.78, 5) is 24.7. The van der Waals surface area contributed by atoms with Gasteiger partial charge in [-0.1, -0.05) is 6.07 Å². The number of ether oxygens (including phenoxy) is 1. The molecule has 1 saturated heterocycles. The minimum Gasteiger partial charge on any atom is -0.487 e. The van der Waals surface area contributed by atoms with Crippen molar-refractivity contribution >= 4 is 6.09 Å². The largest absolute Gasteiger partial charge is 0.487 e. The van der Waals surface area contributed by atoms with Crippen LogP contribution in [0.1, 0.15) is 24.1 Å². The zero-order chi connectivity index (χ0) is 20.3. The maximum absolute atomic E-state index is 14.1. The van der Waals surface area contributed by atoms with Gasteiger partial charge in [-0.25, -0.2) is 14.3 Å². The van der Waals surface area contributed by atoms with E-state index >= 15 is 0 Å². The highest BCUT2D eigenvalue weighted by molar-refractivity contribution is 5.71. The minimum atomic E-state index is -1.01. The molecule has 1 aliphatic rings. The Kier molecular flexibility index (Phi) is 5.56. The first kappa shape index (κ1) is 19.3. The Hall–Kier alpha value is -3.45. The lowest BCUT2D eigenvalue weighted by Crippen LogP contribution is -2.41. The van der Waals surface area contributed by atoms with Gasteiger partial charge in [0.05, 0.1) is 17.7 Å². The number of piperidine rings is 1. The predicted molar refractivity (Wildman–Crippen MR) is 94.1 cm³/mol. The van der Waals surface area contributed by atoms with E-state index in [1.54, 1.807) is 6.07 Å². The highest BCUT2D eigenvalue weighted by Crippen LogP contribution is 2.32. The molecule has 1 aromatic heterocycles. The number of nitrogens with zero attached hydrogens (tertiary/aromatic N) is 3. The van der Waals surface area contributed by atoms with Gasteiger partial charge in [0.1, 0.15) is 23.7 Å². The molecule has 1 amide bonds. The average Bonchev–Trinajstić information content (AvgIpc) is 2.68. The summed E-state index contributed by atoms with van der Waals surface area (Å²) in [5.41, 5.74) is -0.574. The third kappa shape index (κ3) is 3.79. The second kappa shape index (κ2) is 8.06. The van der Waals surface area contributed by atoms with E-state index in [1.165, 1.54) is 17.0 Å². The standard InChI is InChI=1S/C18H17FN4O5/c19-13-7-10(1-2-11(13)8-20)15-16(14(9-24)21-22-17(15)25)28-12-3-5-23(6-4-12)18(26)27/h1-2,7,12,24H,3-6,9H2,(H,22,25)(H,26,27). The Morgan fingerprint density at radius 3 is 2.71 bits per heavy atom. The molecule has 2 heterocycles. The van der Waals surface area contributed by atoms with E-state index in [9.17, 15) is 19.1 Å². The van der Waals surface area contributed by atoms with Gasteiger partial charge >= 0.3 is 6.09 Å². The van der Waals surface area contributed by atoms with Gasteiger partial charge in [0.2, 0.25) is 0 Å². The highest BCUT2D eigenvalue weighted by Gasteiger charge is 2.27. The first-order valence-corrected chi connectivity index (χ1v) is 8.51. The van der Waals surface area contributed by atoms with Crippen LogP contribution in [0.5, 0.6) is 5.75 Å². The van der Waals surface area contributed by atoms with Crippen LogP contribution in [0.3, 0.4) is 0 Å². The number of hydrogen-bond donors (Lipinski definition) is 3. The van der Waals surface area contributed by atoms with Crippen molar-refractivity contribution in [1.82, 2.24) is 15.1 Å². The molecule has 0 spiro atoms. The molecule has 1 aromatic carbocycles. The maximum atomic E-state index is 14.1. The normalized spacial score (nSPS) is 14.5. The minimum absolute atomic E-state index is 0.0110. The molecular formula is C18H17FN4O5. The summed E-state index contributed by atoms with van der Waals surface area (Å²) < 4.78 is 20.0. The number of hydrogen-bond acceptors (Lipinski definition) is 6. The number of nitriles is 1. The fourth-order valence-corrected chi connectivity index (χ4v) is 3.06. The monoisotopic (exact) mass is 388 g/mol. The molecule has 0 radical (unpaired) electrons. The third-order valence-corrected chi connectivity index (χ3v) is 4.53. The molecule has 1 fully saturated rings. The summed E-state index contributed by atoms with van der Waals surface area (Å²) in [6.45, 7) is 0.0175. The lowest BCUT2D eigenvalue weighted by molar-refractivity contribution is 0.0878. The van der Waals surface area contributed by atoms with E-state index in [0.717, 1.165) is 6.07 Å². The molecular weight excluding hydrogens is 371 g/mol. The molecule has 28 heavy (non-hydrogen) atoms. The molecule has 1 aliphatic heterocycles. The van der Waals surface area contributed by atoms with Crippen LogP contribution in [0.2, 0.25) is 0 Å². The third-order valence-electron chi connectivity index (χ3n) is 4.53. The number of benzene rings is 1. The van der Waals surface area contributed by atoms with Crippen LogP contribution in [0, 0.1) is 17.1 Å². The van der Waals surface area contributed by atoms with Gasteiger partial charge in [-0.3, -0.25) is 4.79 Å². The highest BCUT2D eigenvalue weighted by atomic mass is 19.1. The van der Waals surface area contributed by atoms with Crippen LogP contribution in [0.15, 0.2) is 23.0 Å². The molecule has 0 aliphatic carbocycles. The van der Waals surface area contributed by atoms with E-state index in [2.05, 4.69) is 10.2 Å². The molecule has 2 aromatic rings. The summed E-state index contributed by atoms with van der Waals surface area (Å²) in [6, 6.07) is 5.41.